The predicted molar refractivity (Wildman–Crippen MR) is 136 cm³/mol. The number of aliphatic carboxylic acids is 1. The smallest absolute Gasteiger partial charge is 0.339 e. The molecule has 3 heterocycles. The Bertz CT molecular complexity index is 1110. The first-order chi connectivity index (χ1) is 16.0. The van der Waals surface area contributed by atoms with Gasteiger partial charge in [0.25, 0.3) is 0 Å². The van der Waals surface area contributed by atoms with Crippen LogP contribution >= 0.6 is 0 Å². The average molecular weight is 467 g/mol. The first kappa shape index (κ1) is 24.3. The molecule has 0 bridgehead atoms. The van der Waals surface area contributed by atoms with Crippen molar-refractivity contribution in [1.29, 1.82) is 0 Å². The van der Waals surface area contributed by atoms with Crippen molar-refractivity contribution in [2.24, 2.45) is 11.8 Å². The number of aromatic amines is 1. The number of hydrogen-bond donors (Lipinski definition) is 2. The lowest BCUT2D eigenvalue weighted by Crippen LogP contribution is -2.55. The van der Waals surface area contributed by atoms with Gasteiger partial charge < -0.3 is 19.9 Å². The number of aromatic nitrogens is 1. The summed E-state index contributed by atoms with van der Waals surface area (Å²) in [6.07, 6.45) is 3.66. The van der Waals surface area contributed by atoms with Gasteiger partial charge in [0.15, 0.2) is 0 Å². The minimum atomic E-state index is -1.03. The summed E-state index contributed by atoms with van der Waals surface area (Å²) in [6.45, 7) is 10.9. The first-order valence-electron chi connectivity index (χ1n) is 12.3. The van der Waals surface area contributed by atoms with Crippen LogP contribution in [0.2, 0.25) is 0 Å². The molecule has 0 saturated carbocycles. The van der Waals surface area contributed by atoms with Crippen molar-refractivity contribution in [2.75, 3.05) is 33.7 Å². The lowest BCUT2D eigenvalue weighted by atomic mass is 9.72. The van der Waals surface area contributed by atoms with Gasteiger partial charge in [-0.1, -0.05) is 45.9 Å². The van der Waals surface area contributed by atoms with Crippen LogP contribution in [0.4, 0.5) is 4.79 Å². The fourth-order valence-electron chi connectivity index (χ4n) is 6.35. The fraction of sp³-hybridized carbons (Fsp3) is 0.556. The number of hydrogen-bond acceptors (Lipinski definition) is 3. The van der Waals surface area contributed by atoms with Crippen molar-refractivity contribution in [3.8, 4) is 0 Å². The number of carboxylic acids is 1. The standard InChI is InChI=1S/C27H38N4O3/c1-17(2)24-27(3,4)22-19-11-7-8-12-21(19)28-23(22)20(25(32)33)16-31(24)26(34)30-13-9-10-18(15-30)14-29(5)6/h7-8,11-12,16-18,24,28H,9-10,13-15H2,1-6H3,(H,32,33). The van der Waals surface area contributed by atoms with Crippen LogP contribution < -0.4 is 0 Å². The van der Waals surface area contributed by atoms with Gasteiger partial charge in [-0.25, -0.2) is 9.59 Å². The molecule has 2 N–H and O–H groups in total. The van der Waals surface area contributed by atoms with Crippen LogP contribution in [0, 0.1) is 11.8 Å². The molecule has 2 aliphatic heterocycles. The number of likely N-dealkylation sites (tertiary alicyclic amines) is 1. The molecule has 1 aromatic carbocycles. The summed E-state index contributed by atoms with van der Waals surface area (Å²) < 4.78 is 0. The molecule has 2 atom stereocenters. The number of para-hydroxylation sites is 1. The molecule has 0 radical (unpaired) electrons. The van der Waals surface area contributed by atoms with E-state index in [0.29, 0.717) is 24.7 Å². The lowest BCUT2D eigenvalue weighted by Gasteiger charge is -2.45. The molecule has 2 aromatic rings. The van der Waals surface area contributed by atoms with Gasteiger partial charge in [0.1, 0.15) is 0 Å². The molecule has 2 unspecified atom stereocenters. The number of carbonyl (C=O) groups is 2. The van der Waals surface area contributed by atoms with Gasteiger partial charge in [-0.3, -0.25) is 4.90 Å². The molecular formula is C27H38N4O3. The van der Waals surface area contributed by atoms with Crippen LogP contribution in [0.3, 0.4) is 0 Å². The van der Waals surface area contributed by atoms with E-state index in [0.717, 1.165) is 35.9 Å². The molecular weight excluding hydrogens is 428 g/mol. The molecule has 1 fully saturated rings. The Labute approximate surface area is 202 Å². The van der Waals surface area contributed by atoms with Gasteiger partial charge in [-0.05, 0) is 50.4 Å². The summed E-state index contributed by atoms with van der Waals surface area (Å²) in [5.41, 5.74) is 2.14. The van der Waals surface area contributed by atoms with Crippen LogP contribution in [0.25, 0.3) is 16.5 Å². The number of benzene rings is 1. The van der Waals surface area contributed by atoms with Crippen LogP contribution in [-0.2, 0) is 10.2 Å². The van der Waals surface area contributed by atoms with E-state index < -0.39 is 11.4 Å². The molecule has 2 aliphatic rings. The van der Waals surface area contributed by atoms with Crippen molar-refractivity contribution < 1.29 is 14.7 Å². The van der Waals surface area contributed by atoms with Crippen LogP contribution in [-0.4, -0.2) is 76.6 Å². The number of H-pyrrole nitrogens is 1. The highest BCUT2D eigenvalue weighted by atomic mass is 16.4. The second-order valence-corrected chi connectivity index (χ2v) is 11.1. The maximum Gasteiger partial charge on any atom is 0.339 e. The Morgan fingerprint density at radius 1 is 1.24 bits per heavy atom. The second kappa shape index (κ2) is 9.10. The van der Waals surface area contributed by atoms with Crippen LogP contribution in [0.1, 0.15) is 51.8 Å². The summed E-state index contributed by atoms with van der Waals surface area (Å²) in [4.78, 5) is 35.7. The maximum absolute atomic E-state index is 14.0. The second-order valence-electron chi connectivity index (χ2n) is 11.1. The van der Waals surface area contributed by atoms with Crippen molar-refractivity contribution in [3.05, 3.63) is 41.7 Å². The third-order valence-corrected chi connectivity index (χ3v) is 7.42. The van der Waals surface area contributed by atoms with Crippen molar-refractivity contribution in [3.63, 3.8) is 0 Å². The zero-order chi connectivity index (χ0) is 24.8. The Morgan fingerprint density at radius 2 is 1.94 bits per heavy atom. The van der Waals surface area contributed by atoms with Crippen LogP contribution in [0.5, 0.6) is 0 Å². The third-order valence-electron chi connectivity index (χ3n) is 7.42. The molecule has 4 rings (SSSR count). The summed E-state index contributed by atoms with van der Waals surface area (Å²) in [5.74, 6) is -0.494. The molecule has 0 spiro atoms. The minimum Gasteiger partial charge on any atom is -0.478 e. The van der Waals surface area contributed by atoms with Crippen LogP contribution in [0.15, 0.2) is 30.5 Å². The van der Waals surface area contributed by atoms with E-state index in [1.165, 1.54) is 0 Å². The molecule has 184 valence electrons. The van der Waals surface area contributed by atoms with E-state index in [2.05, 4.69) is 51.7 Å². The van der Waals surface area contributed by atoms with Gasteiger partial charge in [0, 0.05) is 48.2 Å². The summed E-state index contributed by atoms with van der Waals surface area (Å²) in [5, 5.41) is 11.2. The molecule has 7 nitrogen and oxygen atoms in total. The number of nitrogens with zero attached hydrogens (tertiary/aromatic N) is 3. The highest BCUT2D eigenvalue weighted by molar-refractivity contribution is 6.17. The zero-order valence-corrected chi connectivity index (χ0v) is 21.3. The van der Waals surface area contributed by atoms with E-state index >= 15 is 0 Å². The van der Waals surface area contributed by atoms with Gasteiger partial charge in [-0.2, -0.15) is 0 Å². The Hall–Kier alpha value is -2.80. The number of carboxylic acid groups (broad SMARTS) is 1. The summed E-state index contributed by atoms with van der Waals surface area (Å²) in [6, 6.07) is 7.65. The van der Waals surface area contributed by atoms with Crippen molar-refractivity contribution >= 4 is 28.5 Å². The molecule has 2 amide bonds. The summed E-state index contributed by atoms with van der Waals surface area (Å²) >= 11 is 0. The Kier molecular flexibility index (Phi) is 6.51. The quantitative estimate of drug-likeness (QED) is 0.690. The third kappa shape index (κ3) is 4.22. The molecule has 0 aliphatic carbocycles. The molecule has 34 heavy (non-hydrogen) atoms. The number of piperidine rings is 1. The van der Waals surface area contributed by atoms with Gasteiger partial charge in [-0.15, -0.1) is 0 Å². The first-order valence-corrected chi connectivity index (χ1v) is 12.3. The van der Waals surface area contributed by atoms with E-state index in [1.54, 1.807) is 11.1 Å². The van der Waals surface area contributed by atoms with E-state index in [1.807, 2.05) is 29.2 Å². The van der Waals surface area contributed by atoms with Gasteiger partial charge in [0.2, 0.25) is 0 Å². The number of rotatable bonds is 4. The average Bonchev–Trinajstić information content (AvgIpc) is 3.10. The number of urea groups is 1. The van der Waals surface area contributed by atoms with Crippen molar-refractivity contribution in [1.82, 2.24) is 19.7 Å². The van der Waals surface area contributed by atoms with E-state index in [9.17, 15) is 14.7 Å². The van der Waals surface area contributed by atoms with Gasteiger partial charge >= 0.3 is 12.0 Å². The Morgan fingerprint density at radius 3 is 2.59 bits per heavy atom. The minimum absolute atomic E-state index is 0.0940. The highest BCUT2D eigenvalue weighted by Crippen LogP contribution is 2.45. The zero-order valence-electron chi connectivity index (χ0n) is 21.3. The van der Waals surface area contributed by atoms with E-state index in [-0.39, 0.29) is 23.6 Å². The maximum atomic E-state index is 14.0. The number of nitrogens with one attached hydrogen (secondary N) is 1. The SMILES string of the molecule is CC(C)C1N(C(=O)N2CCCC(CN(C)C)C2)C=C(C(=O)O)c2[nH]c3ccccc3c2C1(C)C. The largest absolute Gasteiger partial charge is 0.478 e. The normalized spacial score (nSPS) is 22.6. The number of carbonyl (C=O) groups excluding carboxylic acids is 1. The van der Waals surface area contributed by atoms with E-state index in [4.69, 9.17) is 0 Å². The van der Waals surface area contributed by atoms with Gasteiger partial charge in [0.05, 0.1) is 11.3 Å². The fourth-order valence-corrected chi connectivity index (χ4v) is 6.35. The number of fused-ring (bicyclic) bond motifs is 3. The number of amides is 2. The molecule has 7 heteroatoms. The Balaban J connectivity index is 1.83. The topological polar surface area (TPSA) is 79.9 Å². The monoisotopic (exact) mass is 466 g/mol. The molecule has 1 aromatic heterocycles. The highest BCUT2D eigenvalue weighted by Gasteiger charge is 2.46. The predicted octanol–water partition coefficient (Wildman–Crippen LogP) is 4.60. The summed E-state index contributed by atoms with van der Waals surface area (Å²) in [7, 11) is 4.12. The van der Waals surface area contributed by atoms with Crippen molar-refractivity contribution in [2.45, 2.75) is 52.0 Å². The molecule has 1 saturated heterocycles. The lowest BCUT2D eigenvalue weighted by molar-refractivity contribution is -0.130.